The SMILES string of the molecule is COc1cc(C(C)=O)ccc1OCC(O)CN1CCCN(c2nc(C)cs2)CC1. The molecule has 1 aromatic carbocycles. The molecule has 1 aromatic heterocycles. The lowest BCUT2D eigenvalue weighted by Gasteiger charge is -2.24. The van der Waals surface area contributed by atoms with Crippen molar-refractivity contribution in [2.24, 2.45) is 0 Å². The Morgan fingerprint density at radius 1 is 1.28 bits per heavy atom. The molecule has 1 N–H and O–H groups in total. The van der Waals surface area contributed by atoms with E-state index < -0.39 is 6.10 Å². The Labute approximate surface area is 175 Å². The molecule has 1 atom stereocenters. The van der Waals surface area contributed by atoms with Crippen LogP contribution < -0.4 is 14.4 Å². The number of ketones is 1. The number of ether oxygens (including phenoxy) is 2. The van der Waals surface area contributed by atoms with Crippen LogP contribution in [0.3, 0.4) is 0 Å². The number of hydrogen-bond donors (Lipinski definition) is 1. The molecule has 8 heteroatoms. The van der Waals surface area contributed by atoms with E-state index in [1.165, 1.54) is 14.0 Å². The maximum atomic E-state index is 11.5. The number of thiazole rings is 1. The Bertz CT molecular complexity index is 826. The van der Waals surface area contributed by atoms with E-state index in [1.54, 1.807) is 29.5 Å². The lowest BCUT2D eigenvalue weighted by Crippen LogP contribution is -2.38. The van der Waals surface area contributed by atoms with Crippen molar-refractivity contribution < 1.29 is 19.4 Å². The lowest BCUT2D eigenvalue weighted by molar-refractivity contribution is 0.0694. The Balaban J connectivity index is 1.49. The predicted molar refractivity (Wildman–Crippen MR) is 115 cm³/mol. The van der Waals surface area contributed by atoms with Crippen molar-refractivity contribution in [1.29, 1.82) is 0 Å². The summed E-state index contributed by atoms with van der Waals surface area (Å²) in [5.74, 6) is 0.991. The van der Waals surface area contributed by atoms with Crippen LogP contribution in [0.15, 0.2) is 23.6 Å². The van der Waals surface area contributed by atoms with Gasteiger partial charge in [-0.2, -0.15) is 0 Å². The van der Waals surface area contributed by atoms with Gasteiger partial charge in [0, 0.05) is 37.1 Å². The number of aliphatic hydroxyl groups excluding tert-OH is 1. The number of hydrogen-bond acceptors (Lipinski definition) is 8. The molecule has 0 amide bonds. The molecular weight excluding hydrogens is 390 g/mol. The molecule has 1 aliphatic heterocycles. The summed E-state index contributed by atoms with van der Waals surface area (Å²) < 4.78 is 11.1. The number of benzene rings is 1. The van der Waals surface area contributed by atoms with Gasteiger partial charge in [0.25, 0.3) is 0 Å². The summed E-state index contributed by atoms with van der Waals surface area (Å²) in [6, 6.07) is 5.08. The van der Waals surface area contributed by atoms with Crippen LogP contribution in [0.5, 0.6) is 11.5 Å². The molecule has 1 aliphatic rings. The largest absolute Gasteiger partial charge is 0.493 e. The van der Waals surface area contributed by atoms with Crippen LogP contribution in [0, 0.1) is 6.92 Å². The Morgan fingerprint density at radius 2 is 2.10 bits per heavy atom. The van der Waals surface area contributed by atoms with E-state index in [9.17, 15) is 9.90 Å². The maximum Gasteiger partial charge on any atom is 0.185 e. The summed E-state index contributed by atoms with van der Waals surface area (Å²) in [5, 5.41) is 13.6. The van der Waals surface area contributed by atoms with Crippen molar-refractivity contribution in [3.05, 3.63) is 34.8 Å². The van der Waals surface area contributed by atoms with E-state index in [2.05, 4.69) is 20.2 Å². The second-order valence-corrected chi connectivity index (χ2v) is 8.14. The van der Waals surface area contributed by atoms with Crippen molar-refractivity contribution in [1.82, 2.24) is 9.88 Å². The molecule has 0 spiro atoms. The van der Waals surface area contributed by atoms with Gasteiger partial charge in [-0.05, 0) is 45.0 Å². The van der Waals surface area contributed by atoms with Crippen LogP contribution in [0.1, 0.15) is 29.4 Å². The van der Waals surface area contributed by atoms with Crippen molar-refractivity contribution in [2.45, 2.75) is 26.4 Å². The second-order valence-electron chi connectivity index (χ2n) is 7.30. The van der Waals surface area contributed by atoms with Gasteiger partial charge in [-0.1, -0.05) is 0 Å². The van der Waals surface area contributed by atoms with Crippen molar-refractivity contribution in [3.8, 4) is 11.5 Å². The predicted octanol–water partition coefficient (Wildman–Crippen LogP) is 2.61. The van der Waals surface area contributed by atoms with Gasteiger partial charge >= 0.3 is 0 Å². The van der Waals surface area contributed by atoms with E-state index in [0.717, 1.165) is 43.4 Å². The number of methoxy groups -OCH3 is 1. The fraction of sp³-hybridized carbons (Fsp3) is 0.524. The zero-order valence-electron chi connectivity index (χ0n) is 17.3. The van der Waals surface area contributed by atoms with E-state index in [0.29, 0.717) is 23.6 Å². The van der Waals surface area contributed by atoms with E-state index in [4.69, 9.17) is 9.47 Å². The van der Waals surface area contributed by atoms with Gasteiger partial charge in [0.2, 0.25) is 0 Å². The third-order valence-electron chi connectivity index (χ3n) is 4.94. The highest BCUT2D eigenvalue weighted by atomic mass is 32.1. The van der Waals surface area contributed by atoms with Gasteiger partial charge in [0.1, 0.15) is 12.7 Å². The Morgan fingerprint density at radius 3 is 2.79 bits per heavy atom. The first-order valence-electron chi connectivity index (χ1n) is 9.85. The number of β-amino-alcohol motifs (C(OH)–C–C–N with tert-alkyl or cyclic N) is 1. The third-order valence-corrected chi connectivity index (χ3v) is 5.96. The highest BCUT2D eigenvalue weighted by Crippen LogP contribution is 2.28. The Hall–Kier alpha value is -2.16. The van der Waals surface area contributed by atoms with Crippen LogP contribution in [-0.4, -0.2) is 73.3 Å². The van der Waals surface area contributed by atoms with Gasteiger partial charge < -0.3 is 19.5 Å². The number of carbonyl (C=O) groups excluding carboxylic acids is 1. The number of rotatable bonds is 8. The fourth-order valence-electron chi connectivity index (χ4n) is 3.37. The third kappa shape index (κ3) is 5.91. The lowest BCUT2D eigenvalue weighted by atomic mass is 10.1. The zero-order chi connectivity index (χ0) is 20.8. The van der Waals surface area contributed by atoms with Gasteiger partial charge in [-0.15, -0.1) is 11.3 Å². The molecule has 0 aliphatic carbocycles. The standard InChI is InChI=1S/C21H29N3O4S/c1-15-14-29-21(22-15)24-8-4-7-23(9-10-24)12-18(26)13-28-19-6-5-17(16(2)25)11-20(19)27-3/h5-6,11,14,18,26H,4,7-10,12-13H2,1-3H3. The summed E-state index contributed by atoms with van der Waals surface area (Å²) >= 11 is 1.69. The monoisotopic (exact) mass is 419 g/mol. The summed E-state index contributed by atoms with van der Waals surface area (Å²) in [6.07, 6.45) is 0.424. The quantitative estimate of drug-likeness (QED) is 0.659. The number of aromatic nitrogens is 1. The molecule has 0 saturated carbocycles. The molecule has 0 radical (unpaired) electrons. The molecule has 158 valence electrons. The van der Waals surface area contributed by atoms with Crippen molar-refractivity contribution >= 4 is 22.3 Å². The number of nitrogens with zero attached hydrogens (tertiary/aromatic N) is 3. The van der Waals surface area contributed by atoms with Gasteiger partial charge in [0.15, 0.2) is 22.4 Å². The fourth-order valence-corrected chi connectivity index (χ4v) is 4.23. The van der Waals surface area contributed by atoms with Crippen LogP contribution in [0.2, 0.25) is 0 Å². The molecule has 2 heterocycles. The average Bonchev–Trinajstić information content (AvgIpc) is 3.00. The number of carbonyl (C=O) groups is 1. The normalized spacial score (nSPS) is 16.3. The van der Waals surface area contributed by atoms with Crippen molar-refractivity contribution in [3.63, 3.8) is 0 Å². The average molecular weight is 420 g/mol. The zero-order valence-corrected chi connectivity index (χ0v) is 18.1. The van der Waals surface area contributed by atoms with Crippen LogP contribution in [-0.2, 0) is 0 Å². The number of aryl methyl sites for hydroxylation is 1. The Kier molecular flexibility index (Phi) is 7.46. The first-order valence-corrected chi connectivity index (χ1v) is 10.7. The van der Waals surface area contributed by atoms with Gasteiger partial charge in [-0.3, -0.25) is 9.69 Å². The molecule has 0 bridgehead atoms. The molecule has 1 saturated heterocycles. The smallest absolute Gasteiger partial charge is 0.185 e. The van der Waals surface area contributed by atoms with Crippen LogP contribution in [0.25, 0.3) is 0 Å². The van der Waals surface area contributed by atoms with Gasteiger partial charge in [0.05, 0.1) is 12.8 Å². The molecular formula is C21H29N3O4S. The first kappa shape index (κ1) is 21.5. The highest BCUT2D eigenvalue weighted by Gasteiger charge is 2.20. The molecule has 1 fully saturated rings. The molecule has 2 aromatic rings. The molecule has 3 rings (SSSR count). The molecule has 29 heavy (non-hydrogen) atoms. The maximum absolute atomic E-state index is 11.5. The summed E-state index contributed by atoms with van der Waals surface area (Å²) in [7, 11) is 1.54. The minimum atomic E-state index is -0.610. The van der Waals surface area contributed by atoms with Crippen LogP contribution >= 0.6 is 11.3 Å². The minimum absolute atomic E-state index is 0.0296. The van der Waals surface area contributed by atoms with E-state index in [1.807, 2.05) is 6.92 Å². The summed E-state index contributed by atoms with van der Waals surface area (Å²) in [5.41, 5.74) is 1.63. The summed E-state index contributed by atoms with van der Waals surface area (Å²) in [4.78, 5) is 20.7. The number of Topliss-reactive ketones (excluding diaryl/α,β-unsaturated/α-hetero) is 1. The summed E-state index contributed by atoms with van der Waals surface area (Å²) in [6.45, 7) is 7.96. The van der Waals surface area contributed by atoms with E-state index >= 15 is 0 Å². The second kappa shape index (κ2) is 10.0. The van der Waals surface area contributed by atoms with Gasteiger partial charge in [-0.25, -0.2) is 4.98 Å². The molecule has 7 nitrogen and oxygen atoms in total. The first-order chi connectivity index (χ1) is 14.0. The molecule has 1 unspecified atom stereocenters. The topological polar surface area (TPSA) is 75.1 Å². The van der Waals surface area contributed by atoms with E-state index in [-0.39, 0.29) is 12.4 Å². The van der Waals surface area contributed by atoms with Crippen molar-refractivity contribution in [2.75, 3.05) is 51.3 Å². The number of aliphatic hydroxyl groups is 1. The minimum Gasteiger partial charge on any atom is -0.493 e. The number of anilines is 1. The highest BCUT2D eigenvalue weighted by molar-refractivity contribution is 7.13. The van der Waals surface area contributed by atoms with Crippen LogP contribution in [0.4, 0.5) is 5.13 Å².